The van der Waals surface area contributed by atoms with Gasteiger partial charge in [-0.2, -0.15) is 0 Å². The first-order valence-electron chi connectivity index (χ1n) is 13.6. The molecule has 0 aliphatic carbocycles. The largest absolute Gasteiger partial charge is 0.477 e. The third kappa shape index (κ3) is 17.3. The van der Waals surface area contributed by atoms with Crippen molar-refractivity contribution in [3.63, 3.8) is 0 Å². The summed E-state index contributed by atoms with van der Waals surface area (Å²) in [6, 6.07) is 0. The predicted molar refractivity (Wildman–Crippen MR) is 143 cm³/mol. The standard InChI is InChI=1S/C26H51O6PS/c1-4-7-9-11-12-13-14-16-18-20-22(19-17-15-10-8-5-2)21-24(34)31-23(6-3)32-26(29,33-30)25(27)28/h22-24,29,34H,4-21H2,1-3H3,(H,27,28). The van der Waals surface area contributed by atoms with E-state index in [1.54, 1.807) is 6.92 Å². The fourth-order valence-electron chi connectivity index (χ4n) is 4.18. The van der Waals surface area contributed by atoms with Gasteiger partial charge in [-0.1, -0.05) is 124 Å². The lowest BCUT2D eigenvalue weighted by molar-refractivity contribution is -0.256. The monoisotopic (exact) mass is 522 g/mol. The van der Waals surface area contributed by atoms with Gasteiger partial charge in [0.25, 0.3) is 0 Å². The molecular weight excluding hydrogens is 471 g/mol. The molecule has 0 fully saturated rings. The number of aliphatic hydroxyl groups is 1. The zero-order valence-corrected chi connectivity index (χ0v) is 23.7. The lowest BCUT2D eigenvalue weighted by Crippen LogP contribution is -2.40. The van der Waals surface area contributed by atoms with Crippen molar-refractivity contribution in [3.8, 4) is 0 Å². The zero-order chi connectivity index (χ0) is 25.7. The highest BCUT2D eigenvalue weighted by molar-refractivity contribution is 7.80. The summed E-state index contributed by atoms with van der Waals surface area (Å²) < 4.78 is 22.0. The number of ether oxygens (including phenoxy) is 2. The van der Waals surface area contributed by atoms with Crippen molar-refractivity contribution in [1.82, 2.24) is 0 Å². The molecule has 0 amide bonds. The first kappa shape index (κ1) is 33.8. The van der Waals surface area contributed by atoms with Gasteiger partial charge in [0.1, 0.15) is 5.44 Å². The van der Waals surface area contributed by atoms with E-state index in [9.17, 15) is 14.5 Å². The second-order valence-corrected chi connectivity index (χ2v) is 10.8. The summed E-state index contributed by atoms with van der Waals surface area (Å²) in [7, 11) is -1.03. The topological polar surface area (TPSA) is 93.1 Å². The molecule has 0 saturated carbocycles. The number of rotatable bonds is 25. The summed E-state index contributed by atoms with van der Waals surface area (Å²) in [5.41, 5.74) is -3.24. The van der Waals surface area contributed by atoms with E-state index in [1.165, 1.54) is 89.9 Å². The Morgan fingerprint density at radius 1 is 0.853 bits per heavy atom. The molecule has 0 radical (unpaired) electrons. The van der Waals surface area contributed by atoms with Crippen LogP contribution in [0.1, 0.15) is 136 Å². The number of thiol groups is 1. The fraction of sp³-hybridized carbons (Fsp3) is 0.962. The number of carbonyl (C=O) groups is 1. The molecule has 4 atom stereocenters. The Morgan fingerprint density at radius 3 is 1.68 bits per heavy atom. The Bertz CT molecular complexity index is 510. The maximum absolute atomic E-state index is 11.2. The summed E-state index contributed by atoms with van der Waals surface area (Å²) in [5.74, 6) is -1.22. The summed E-state index contributed by atoms with van der Waals surface area (Å²) in [6.07, 6.45) is 20.3. The zero-order valence-electron chi connectivity index (χ0n) is 21.9. The summed E-state index contributed by atoms with van der Waals surface area (Å²) >= 11 is 4.58. The van der Waals surface area contributed by atoms with Crippen LogP contribution in [0.25, 0.3) is 0 Å². The number of hydrogen-bond acceptors (Lipinski definition) is 6. The van der Waals surface area contributed by atoms with Crippen LogP contribution in [0.2, 0.25) is 0 Å². The molecule has 0 saturated heterocycles. The van der Waals surface area contributed by atoms with Crippen molar-refractivity contribution in [2.75, 3.05) is 0 Å². The van der Waals surface area contributed by atoms with Crippen LogP contribution >= 0.6 is 21.1 Å². The van der Waals surface area contributed by atoms with Gasteiger partial charge in [0.2, 0.25) is 8.46 Å². The molecule has 0 rings (SSSR count). The Hall–Kier alpha value is -0.200. The SMILES string of the molecule is CCCCCCCCCCCC(CCCCCCC)CC(S)OC(CC)OC(O)(P=O)C(=O)O. The number of aliphatic carboxylic acids is 1. The molecule has 202 valence electrons. The second-order valence-electron chi connectivity index (χ2n) is 9.47. The van der Waals surface area contributed by atoms with Gasteiger partial charge in [0.15, 0.2) is 6.29 Å². The third-order valence-electron chi connectivity index (χ3n) is 6.31. The summed E-state index contributed by atoms with van der Waals surface area (Å²) in [6.45, 7) is 6.22. The van der Waals surface area contributed by atoms with Gasteiger partial charge in [0, 0.05) is 0 Å². The van der Waals surface area contributed by atoms with Crippen molar-refractivity contribution in [1.29, 1.82) is 0 Å². The maximum Gasteiger partial charge on any atom is 0.377 e. The number of unbranched alkanes of at least 4 members (excludes halogenated alkanes) is 12. The quantitative estimate of drug-likeness (QED) is 0.0483. The van der Waals surface area contributed by atoms with E-state index in [0.717, 1.165) is 19.3 Å². The average Bonchev–Trinajstić information content (AvgIpc) is 2.81. The van der Waals surface area contributed by atoms with Gasteiger partial charge in [-0.3, -0.25) is 4.57 Å². The molecular formula is C26H51O6PS. The van der Waals surface area contributed by atoms with Crippen molar-refractivity contribution in [2.45, 2.75) is 154 Å². The van der Waals surface area contributed by atoms with Crippen molar-refractivity contribution in [2.24, 2.45) is 5.92 Å². The summed E-state index contributed by atoms with van der Waals surface area (Å²) in [5, 5.41) is 18.9. The minimum Gasteiger partial charge on any atom is -0.477 e. The van der Waals surface area contributed by atoms with E-state index in [2.05, 4.69) is 26.5 Å². The maximum atomic E-state index is 11.2. The molecule has 0 spiro atoms. The number of carboxylic acid groups (broad SMARTS) is 1. The molecule has 34 heavy (non-hydrogen) atoms. The smallest absolute Gasteiger partial charge is 0.377 e. The highest BCUT2D eigenvalue weighted by Crippen LogP contribution is 2.29. The van der Waals surface area contributed by atoms with Gasteiger partial charge in [-0.25, -0.2) is 4.79 Å². The van der Waals surface area contributed by atoms with E-state index in [4.69, 9.17) is 14.6 Å². The molecule has 0 heterocycles. The Kier molecular flexibility index (Phi) is 21.9. The second kappa shape index (κ2) is 22.0. The average molecular weight is 523 g/mol. The lowest BCUT2D eigenvalue weighted by Gasteiger charge is -2.27. The normalized spacial score (nSPS) is 16.3. The van der Waals surface area contributed by atoms with E-state index in [1.807, 2.05) is 0 Å². The van der Waals surface area contributed by atoms with Gasteiger partial charge in [-0.05, 0) is 18.8 Å². The predicted octanol–water partition coefficient (Wildman–Crippen LogP) is 8.32. The van der Waals surface area contributed by atoms with Gasteiger partial charge in [0.05, 0.1) is 0 Å². The van der Waals surface area contributed by atoms with Crippen LogP contribution < -0.4 is 0 Å². The van der Waals surface area contributed by atoms with Crippen molar-refractivity contribution < 1.29 is 29.0 Å². The third-order valence-corrected chi connectivity index (χ3v) is 7.18. The Balaban J connectivity index is 4.55. The van der Waals surface area contributed by atoms with E-state index in [0.29, 0.717) is 12.3 Å². The summed E-state index contributed by atoms with van der Waals surface area (Å²) in [4.78, 5) is 11.2. The number of hydrogen-bond donors (Lipinski definition) is 3. The van der Waals surface area contributed by atoms with Gasteiger partial charge in [-0.15, -0.1) is 12.6 Å². The van der Waals surface area contributed by atoms with E-state index < -0.39 is 31.7 Å². The molecule has 0 aromatic rings. The first-order chi connectivity index (χ1) is 16.3. The van der Waals surface area contributed by atoms with Gasteiger partial charge < -0.3 is 19.7 Å². The molecule has 0 aromatic carbocycles. The van der Waals surface area contributed by atoms with Crippen LogP contribution in [0.15, 0.2) is 0 Å². The molecule has 0 aromatic heterocycles. The van der Waals surface area contributed by atoms with Crippen LogP contribution in [-0.4, -0.2) is 33.4 Å². The first-order valence-corrected chi connectivity index (χ1v) is 15.0. The molecule has 0 aliphatic rings. The molecule has 8 heteroatoms. The molecule has 2 N–H and O–H groups in total. The van der Waals surface area contributed by atoms with Crippen molar-refractivity contribution in [3.05, 3.63) is 0 Å². The van der Waals surface area contributed by atoms with Gasteiger partial charge >= 0.3 is 11.5 Å². The molecule has 0 aliphatic heterocycles. The van der Waals surface area contributed by atoms with E-state index >= 15 is 0 Å². The number of carboxylic acids is 1. The molecule has 6 nitrogen and oxygen atoms in total. The van der Waals surface area contributed by atoms with Crippen LogP contribution in [0, 0.1) is 5.92 Å². The van der Waals surface area contributed by atoms with Crippen LogP contribution in [0.3, 0.4) is 0 Å². The van der Waals surface area contributed by atoms with Crippen LogP contribution in [0.5, 0.6) is 0 Å². The Labute approximate surface area is 215 Å². The lowest BCUT2D eigenvalue weighted by atomic mass is 9.91. The Morgan fingerprint density at radius 2 is 1.29 bits per heavy atom. The minimum absolute atomic E-state index is 0.308. The minimum atomic E-state index is -2.80. The highest BCUT2D eigenvalue weighted by Gasteiger charge is 2.42. The van der Waals surface area contributed by atoms with Crippen LogP contribution in [0.4, 0.5) is 0 Å². The molecule has 0 bridgehead atoms. The fourth-order valence-corrected chi connectivity index (χ4v) is 4.85. The molecule has 4 unspecified atom stereocenters. The highest BCUT2D eigenvalue weighted by atomic mass is 32.1. The van der Waals surface area contributed by atoms with Crippen LogP contribution in [-0.2, 0) is 18.8 Å². The van der Waals surface area contributed by atoms with E-state index in [-0.39, 0.29) is 0 Å². The van der Waals surface area contributed by atoms with Crippen molar-refractivity contribution >= 4 is 27.1 Å².